The Bertz CT molecular complexity index is 909. The van der Waals surface area contributed by atoms with Crippen LogP contribution in [0.2, 0.25) is 5.02 Å². The fourth-order valence-corrected chi connectivity index (χ4v) is 2.96. The second-order valence-corrected chi connectivity index (χ2v) is 6.60. The lowest BCUT2D eigenvalue weighted by Gasteiger charge is -2.20. The smallest absolute Gasteiger partial charge is 0.339 e. The largest absolute Gasteiger partial charge is 0.486 e. The van der Waals surface area contributed by atoms with E-state index < -0.39 is 18.0 Å². The van der Waals surface area contributed by atoms with Gasteiger partial charge in [-0.3, -0.25) is 9.48 Å². The number of aryl methyl sites for hydroxylation is 2. The monoisotopic (exact) mass is 393 g/mol. The van der Waals surface area contributed by atoms with Crippen molar-refractivity contribution >= 4 is 29.2 Å². The van der Waals surface area contributed by atoms with Gasteiger partial charge in [0.05, 0.1) is 27.7 Å². The molecule has 1 N–H and O–H groups in total. The normalized spacial score (nSPS) is 13.8. The van der Waals surface area contributed by atoms with Crippen molar-refractivity contribution in [3.63, 3.8) is 0 Å². The number of nitrogens with zero attached hydrogens (tertiary/aromatic N) is 2. The molecule has 1 aliphatic rings. The molecule has 0 bridgehead atoms. The first kappa shape index (κ1) is 19.0. The molecule has 1 amide bonds. The van der Waals surface area contributed by atoms with Gasteiger partial charge in [0.15, 0.2) is 17.6 Å². The molecule has 1 atom stereocenters. The highest BCUT2D eigenvalue weighted by Gasteiger charge is 2.24. The van der Waals surface area contributed by atoms with Gasteiger partial charge in [0, 0.05) is 7.05 Å². The minimum Gasteiger partial charge on any atom is -0.486 e. The van der Waals surface area contributed by atoms with Gasteiger partial charge >= 0.3 is 5.97 Å². The van der Waals surface area contributed by atoms with E-state index >= 15 is 0 Å². The van der Waals surface area contributed by atoms with Crippen LogP contribution < -0.4 is 14.8 Å². The molecular formula is C18H20ClN3O5. The van der Waals surface area contributed by atoms with Crippen LogP contribution in [0.5, 0.6) is 11.5 Å². The molecule has 0 aliphatic carbocycles. The van der Waals surface area contributed by atoms with E-state index in [2.05, 4.69) is 10.4 Å². The Morgan fingerprint density at radius 3 is 2.67 bits per heavy atom. The highest BCUT2D eigenvalue weighted by molar-refractivity contribution is 6.32. The van der Waals surface area contributed by atoms with Crippen LogP contribution in [-0.2, 0) is 16.6 Å². The highest BCUT2D eigenvalue weighted by atomic mass is 35.5. The third kappa shape index (κ3) is 3.85. The lowest BCUT2D eigenvalue weighted by Crippen LogP contribution is -2.30. The molecule has 8 nitrogen and oxygen atoms in total. The third-order valence-electron chi connectivity index (χ3n) is 4.24. The molecule has 144 valence electrons. The Morgan fingerprint density at radius 2 is 2.00 bits per heavy atom. The zero-order valence-corrected chi connectivity index (χ0v) is 16.2. The molecule has 0 fully saturated rings. The van der Waals surface area contributed by atoms with E-state index in [9.17, 15) is 9.59 Å². The molecule has 0 saturated carbocycles. The summed E-state index contributed by atoms with van der Waals surface area (Å²) in [5.74, 6) is -0.366. The number of nitrogens with one attached hydrogen (secondary N) is 1. The van der Waals surface area contributed by atoms with E-state index in [1.807, 2.05) is 6.92 Å². The van der Waals surface area contributed by atoms with E-state index in [0.29, 0.717) is 36.1 Å². The highest BCUT2D eigenvalue weighted by Crippen LogP contribution is 2.38. The number of anilines is 1. The van der Waals surface area contributed by atoms with E-state index in [-0.39, 0.29) is 10.6 Å². The van der Waals surface area contributed by atoms with Crippen LogP contribution in [0.1, 0.15) is 28.7 Å². The average molecular weight is 394 g/mol. The molecule has 27 heavy (non-hydrogen) atoms. The molecule has 1 aliphatic heterocycles. The van der Waals surface area contributed by atoms with Gasteiger partial charge in [0.1, 0.15) is 13.2 Å². The Hall–Kier alpha value is -2.74. The number of amides is 1. The minimum absolute atomic E-state index is 0.178. The second kappa shape index (κ2) is 7.48. The van der Waals surface area contributed by atoms with E-state index in [4.69, 9.17) is 25.8 Å². The molecular weight excluding hydrogens is 374 g/mol. The summed E-state index contributed by atoms with van der Waals surface area (Å²) >= 11 is 6.13. The molecule has 9 heteroatoms. The number of rotatable bonds is 4. The third-order valence-corrected chi connectivity index (χ3v) is 4.52. The van der Waals surface area contributed by atoms with E-state index in [0.717, 1.165) is 5.69 Å². The summed E-state index contributed by atoms with van der Waals surface area (Å²) in [5.41, 5.74) is 2.27. The summed E-state index contributed by atoms with van der Waals surface area (Å²) in [6.45, 7) is 5.87. The standard InChI is InChI=1S/C18H20ClN3O5/c1-9-15(10(2)22(4)21-9)20-17(23)11(3)27-18(24)12-7-13(19)16-14(8-12)25-5-6-26-16/h7-8,11H,5-6H2,1-4H3,(H,20,23)/t11-/m0/s1. The van der Waals surface area contributed by atoms with E-state index in [1.54, 1.807) is 18.7 Å². The second-order valence-electron chi connectivity index (χ2n) is 6.19. The van der Waals surface area contributed by atoms with Gasteiger partial charge in [-0.05, 0) is 32.9 Å². The quantitative estimate of drug-likeness (QED) is 0.803. The van der Waals surface area contributed by atoms with Crippen molar-refractivity contribution in [2.24, 2.45) is 7.05 Å². The summed E-state index contributed by atoms with van der Waals surface area (Å²) in [6.07, 6.45) is -1.01. The van der Waals surface area contributed by atoms with Gasteiger partial charge in [0.25, 0.3) is 5.91 Å². The van der Waals surface area contributed by atoms with Crippen LogP contribution in [-0.4, -0.2) is 41.0 Å². The van der Waals surface area contributed by atoms with Crippen LogP contribution >= 0.6 is 11.6 Å². The van der Waals surface area contributed by atoms with Crippen molar-refractivity contribution in [3.05, 3.63) is 34.1 Å². The lowest BCUT2D eigenvalue weighted by molar-refractivity contribution is -0.123. The number of hydrogen-bond donors (Lipinski definition) is 1. The van der Waals surface area contributed by atoms with Gasteiger partial charge < -0.3 is 19.5 Å². The van der Waals surface area contributed by atoms with Crippen LogP contribution in [0.4, 0.5) is 5.69 Å². The number of carbonyl (C=O) groups is 2. The number of hydrogen-bond acceptors (Lipinski definition) is 6. The molecule has 0 spiro atoms. The Balaban J connectivity index is 1.70. The molecule has 1 aromatic carbocycles. The first-order valence-electron chi connectivity index (χ1n) is 8.39. The van der Waals surface area contributed by atoms with E-state index in [1.165, 1.54) is 19.1 Å². The van der Waals surface area contributed by atoms with Gasteiger partial charge in [-0.15, -0.1) is 0 Å². The molecule has 2 aromatic rings. The van der Waals surface area contributed by atoms with Crippen LogP contribution in [0.25, 0.3) is 0 Å². The number of carbonyl (C=O) groups excluding carboxylic acids is 2. The van der Waals surface area contributed by atoms with Gasteiger partial charge in [-0.25, -0.2) is 4.79 Å². The van der Waals surface area contributed by atoms with Crippen LogP contribution in [0.3, 0.4) is 0 Å². The molecule has 0 saturated heterocycles. The topological polar surface area (TPSA) is 91.7 Å². The molecule has 2 heterocycles. The Labute approximate surface area is 161 Å². The summed E-state index contributed by atoms with van der Waals surface area (Å²) in [5, 5.41) is 7.23. The maximum Gasteiger partial charge on any atom is 0.339 e. The van der Waals surface area contributed by atoms with Crippen molar-refractivity contribution in [2.45, 2.75) is 26.9 Å². The zero-order chi connectivity index (χ0) is 19.7. The number of fused-ring (bicyclic) bond motifs is 1. The first-order chi connectivity index (χ1) is 12.8. The predicted molar refractivity (Wildman–Crippen MR) is 98.6 cm³/mol. The summed E-state index contributed by atoms with van der Waals surface area (Å²) < 4.78 is 17.8. The SMILES string of the molecule is Cc1nn(C)c(C)c1NC(=O)[C@H](C)OC(=O)c1cc(Cl)c2c(c1)OCCO2. The molecule has 1 aromatic heterocycles. The number of esters is 1. The average Bonchev–Trinajstić information content (AvgIpc) is 2.87. The minimum atomic E-state index is -1.01. The first-order valence-corrected chi connectivity index (χ1v) is 8.77. The van der Waals surface area contributed by atoms with Gasteiger partial charge in [-0.2, -0.15) is 5.10 Å². The zero-order valence-electron chi connectivity index (χ0n) is 15.5. The number of aromatic nitrogens is 2. The predicted octanol–water partition coefficient (Wildman–Crippen LogP) is 2.65. The molecule has 0 unspecified atom stereocenters. The lowest BCUT2D eigenvalue weighted by atomic mass is 10.2. The van der Waals surface area contributed by atoms with Crippen molar-refractivity contribution in [1.29, 1.82) is 0 Å². The van der Waals surface area contributed by atoms with Gasteiger partial charge in [-0.1, -0.05) is 11.6 Å². The van der Waals surface area contributed by atoms with Gasteiger partial charge in [0.2, 0.25) is 0 Å². The van der Waals surface area contributed by atoms with Crippen molar-refractivity contribution in [3.8, 4) is 11.5 Å². The van der Waals surface area contributed by atoms with Crippen molar-refractivity contribution in [2.75, 3.05) is 18.5 Å². The Morgan fingerprint density at radius 1 is 1.30 bits per heavy atom. The number of benzene rings is 1. The van der Waals surface area contributed by atoms with Crippen molar-refractivity contribution < 1.29 is 23.8 Å². The fourth-order valence-electron chi connectivity index (χ4n) is 2.69. The maximum atomic E-state index is 12.4. The summed E-state index contributed by atoms with van der Waals surface area (Å²) in [4.78, 5) is 24.8. The number of halogens is 1. The summed E-state index contributed by atoms with van der Waals surface area (Å²) in [6, 6.07) is 2.92. The van der Waals surface area contributed by atoms with Crippen LogP contribution in [0.15, 0.2) is 12.1 Å². The molecule has 0 radical (unpaired) electrons. The van der Waals surface area contributed by atoms with Crippen molar-refractivity contribution in [1.82, 2.24) is 9.78 Å². The summed E-state index contributed by atoms with van der Waals surface area (Å²) in [7, 11) is 1.78. The Kier molecular flexibility index (Phi) is 5.27. The maximum absolute atomic E-state index is 12.4. The number of ether oxygens (including phenoxy) is 3. The van der Waals surface area contributed by atoms with Crippen LogP contribution in [0, 0.1) is 13.8 Å². The molecule has 3 rings (SSSR count). The fraction of sp³-hybridized carbons (Fsp3) is 0.389.